The van der Waals surface area contributed by atoms with E-state index < -0.39 is 0 Å². The third kappa shape index (κ3) is 2.66. The number of rotatable bonds is 2. The molecule has 0 aromatic carbocycles. The monoisotopic (exact) mass is 195 g/mol. The number of aromatic nitrogens is 2. The third-order valence-corrected chi connectivity index (χ3v) is 1.93. The van der Waals surface area contributed by atoms with Gasteiger partial charge in [-0.3, -0.25) is 4.57 Å². The number of thiocarbonyl (C=S) groups is 1. The number of imidazole rings is 1. The Morgan fingerprint density at radius 2 is 2.46 bits per heavy atom. The number of hydrogen-bond donors (Lipinski definition) is 1. The van der Waals surface area contributed by atoms with Crippen molar-refractivity contribution in [3.05, 3.63) is 30.4 Å². The summed E-state index contributed by atoms with van der Waals surface area (Å²) in [5, 5.41) is 3.74. The molecule has 1 heterocycles. The Bertz CT molecular complexity index is 327. The summed E-state index contributed by atoms with van der Waals surface area (Å²) >= 11 is 5.15. The lowest BCUT2D eigenvalue weighted by Crippen LogP contribution is -2.29. The van der Waals surface area contributed by atoms with E-state index in [1.54, 1.807) is 6.20 Å². The maximum absolute atomic E-state index is 5.15. The molecular weight excluding hydrogens is 182 g/mol. The van der Waals surface area contributed by atoms with E-state index in [2.05, 4.69) is 16.9 Å². The molecule has 0 amide bonds. The molecule has 0 radical (unpaired) electrons. The highest BCUT2D eigenvalue weighted by molar-refractivity contribution is 7.80. The van der Waals surface area contributed by atoms with Gasteiger partial charge < -0.3 is 5.32 Å². The Kier molecular flexibility index (Phi) is 3.19. The summed E-state index contributed by atoms with van der Waals surface area (Å²) in [6, 6.07) is 0. The maximum atomic E-state index is 5.15. The zero-order valence-corrected chi connectivity index (χ0v) is 8.69. The van der Waals surface area contributed by atoms with Gasteiger partial charge in [0.2, 0.25) is 0 Å². The summed E-state index contributed by atoms with van der Waals surface area (Å²) in [6.07, 6.45) is 3.56. The van der Waals surface area contributed by atoms with Gasteiger partial charge >= 0.3 is 0 Å². The number of nitrogens with zero attached hydrogens (tertiary/aromatic N) is 2. The zero-order chi connectivity index (χ0) is 9.84. The molecule has 0 saturated heterocycles. The summed E-state index contributed by atoms with van der Waals surface area (Å²) in [4.78, 5) is 4.08. The predicted molar refractivity (Wildman–Crippen MR) is 57.8 cm³/mol. The normalized spacial score (nSPS) is 9.69. The van der Waals surface area contributed by atoms with Gasteiger partial charge in [-0.2, -0.15) is 0 Å². The van der Waals surface area contributed by atoms with Crippen molar-refractivity contribution in [2.45, 2.75) is 13.8 Å². The van der Waals surface area contributed by atoms with E-state index >= 15 is 0 Å². The molecule has 1 aromatic rings. The zero-order valence-electron chi connectivity index (χ0n) is 7.87. The van der Waals surface area contributed by atoms with Gasteiger partial charge in [-0.15, -0.1) is 0 Å². The number of nitrogens with one attached hydrogen (secondary N) is 1. The summed E-state index contributed by atoms with van der Waals surface area (Å²) in [7, 11) is 0. The molecule has 0 unspecified atom stereocenters. The van der Waals surface area contributed by atoms with Crippen LogP contribution in [-0.4, -0.2) is 21.2 Å². The van der Waals surface area contributed by atoms with Gasteiger partial charge in [0.05, 0.1) is 0 Å². The molecule has 1 rings (SSSR count). The van der Waals surface area contributed by atoms with Crippen molar-refractivity contribution < 1.29 is 0 Å². The Morgan fingerprint density at radius 3 is 2.92 bits per heavy atom. The summed E-state index contributed by atoms with van der Waals surface area (Å²) in [5.74, 6) is 0.888. The van der Waals surface area contributed by atoms with E-state index in [9.17, 15) is 0 Å². The minimum atomic E-state index is 0.665. The molecule has 0 saturated carbocycles. The molecule has 0 bridgehead atoms. The predicted octanol–water partition coefficient (Wildman–Crippen LogP) is 1.49. The Labute approximate surface area is 83.5 Å². The first kappa shape index (κ1) is 9.92. The first-order valence-electron chi connectivity index (χ1n) is 4.04. The van der Waals surface area contributed by atoms with Crippen LogP contribution in [0.5, 0.6) is 0 Å². The molecule has 1 N–H and O–H groups in total. The second-order valence-corrected chi connectivity index (χ2v) is 3.35. The average molecular weight is 195 g/mol. The molecule has 0 atom stereocenters. The Balaban J connectivity index is 2.59. The highest BCUT2D eigenvalue weighted by Gasteiger charge is 2.01. The van der Waals surface area contributed by atoms with Crippen molar-refractivity contribution in [1.29, 1.82) is 0 Å². The molecule has 1 aromatic heterocycles. The van der Waals surface area contributed by atoms with Crippen LogP contribution >= 0.6 is 12.2 Å². The molecular formula is C9H13N3S. The SMILES string of the molecule is C=C(C)CNC(=S)n1ccnc1C. The van der Waals surface area contributed by atoms with Gasteiger partial charge in [-0.25, -0.2) is 4.98 Å². The molecule has 0 spiro atoms. The van der Waals surface area contributed by atoms with E-state index in [0.29, 0.717) is 11.7 Å². The van der Waals surface area contributed by atoms with Crippen LogP contribution < -0.4 is 5.32 Å². The largest absolute Gasteiger partial charge is 0.358 e. The van der Waals surface area contributed by atoms with E-state index in [-0.39, 0.29) is 0 Å². The lowest BCUT2D eigenvalue weighted by molar-refractivity contribution is 0.921. The molecule has 0 aliphatic heterocycles. The fourth-order valence-corrected chi connectivity index (χ4v) is 1.17. The van der Waals surface area contributed by atoms with Crippen molar-refractivity contribution in [3.63, 3.8) is 0 Å². The van der Waals surface area contributed by atoms with Crippen LogP contribution in [0.3, 0.4) is 0 Å². The van der Waals surface area contributed by atoms with Crippen molar-refractivity contribution in [1.82, 2.24) is 14.9 Å². The van der Waals surface area contributed by atoms with Gasteiger partial charge in [0, 0.05) is 18.9 Å². The van der Waals surface area contributed by atoms with Gasteiger partial charge in [-0.1, -0.05) is 12.2 Å². The lowest BCUT2D eigenvalue weighted by atomic mass is 10.3. The van der Waals surface area contributed by atoms with Crippen molar-refractivity contribution in [3.8, 4) is 0 Å². The minimum absolute atomic E-state index is 0.665. The third-order valence-electron chi connectivity index (χ3n) is 1.59. The number of hydrogen-bond acceptors (Lipinski definition) is 2. The van der Waals surface area contributed by atoms with E-state index in [1.165, 1.54) is 0 Å². The summed E-state index contributed by atoms with van der Waals surface area (Å²) in [5.41, 5.74) is 1.06. The molecule has 0 aliphatic carbocycles. The number of aryl methyl sites for hydroxylation is 1. The maximum Gasteiger partial charge on any atom is 0.178 e. The van der Waals surface area contributed by atoms with Crippen molar-refractivity contribution in [2.24, 2.45) is 0 Å². The quantitative estimate of drug-likeness (QED) is 0.573. The average Bonchev–Trinajstić information content (AvgIpc) is 2.47. The van der Waals surface area contributed by atoms with Crippen LogP contribution in [0.2, 0.25) is 0 Å². The van der Waals surface area contributed by atoms with Crippen LogP contribution in [0.1, 0.15) is 12.7 Å². The fourth-order valence-electron chi connectivity index (χ4n) is 0.904. The molecule has 4 heteroatoms. The van der Waals surface area contributed by atoms with Crippen LogP contribution in [0, 0.1) is 6.92 Å². The topological polar surface area (TPSA) is 29.9 Å². The standard InChI is InChI=1S/C9H13N3S/c1-7(2)6-11-9(13)12-5-4-10-8(12)3/h4-5H,1,6H2,2-3H3,(H,11,13). The molecule has 13 heavy (non-hydrogen) atoms. The van der Waals surface area contributed by atoms with E-state index in [4.69, 9.17) is 12.2 Å². The summed E-state index contributed by atoms with van der Waals surface area (Å²) in [6.45, 7) is 8.35. The first-order chi connectivity index (χ1) is 6.11. The highest BCUT2D eigenvalue weighted by atomic mass is 32.1. The van der Waals surface area contributed by atoms with E-state index in [0.717, 1.165) is 11.4 Å². The fraction of sp³-hybridized carbons (Fsp3) is 0.333. The Morgan fingerprint density at radius 1 is 1.77 bits per heavy atom. The molecule has 0 fully saturated rings. The molecule has 0 aliphatic rings. The van der Waals surface area contributed by atoms with Crippen LogP contribution in [0.15, 0.2) is 24.5 Å². The van der Waals surface area contributed by atoms with Gasteiger partial charge in [-0.05, 0) is 26.1 Å². The second-order valence-electron chi connectivity index (χ2n) is 2.96. The first-order valence-corrected chi connectivity index (χ1v) is 4.44. The van der Waals surface area contributed by atoms with Crippen LogP contribution in [0.4, 0.5) is 0 Å². The van der Waals surface area contributed by atoms with Gasteiger partial charge in [0.1, 0.15) is 5.82 Å². The summed E-state index contributed by atoms with van der Waals surface area (Å²) < 4.78 is 1.83. The minimum Gasteiger partial charge on any atom is -0.358 e. The van der Waals surface area contributed by atoms with Gasteiger partial charge in [0.15, 0.2) is 5.11 Å². The van der Waals surface area contributed by atoms with Crippen molar-refractivity contribution in [2.75, 3.05) is 6.54 Å². The molecule has 70 valence electrons. The van der Waals surface area contributed by atoms with Crippen LogP contribution in [-0.2, 0) is 0 Å². The van der Waals surface area contributed by atoms with E-state index in [1.807, 2.05) is 24.6 Å². The molecule has 3 nitrogen and oxygen atoms in total. The Hall–Kier alpha value is -1.16. The highest BCUT2D eigenvalue weighted by Crippen LogP contribution is 1.94. The lowest BCUT2D eigenvalue weighted by Gasteiger charge is -2.09. The van der Waals surface area contributed by atoms with Crippen molar-refractivity contribution >= 4 is 17.3 Å². The van der Waals surface area contributed by atoms with Crippen LogP contribution in [0.25, 0.3) is 0 Å². The second kappa shape index (κ2) is 4.18. The smallest absolute Gasteiger partial charge is 0.178 e. The van der Waals surface area contributed by atoms with Gasteiger partial charge in [0.25, 0.3) is 0 Å².